The zero-order valence-electron chi connectivity index (χ0n) is 13.3. The molecule has 1 aromatic rings. The van der Waals surface area contributed by atoms with E-state index in [0.29, 0.717) is 28.8 Å². The number of methoxy groups -OCH3 is 1. The number of likely N-dealkylation sites (N-methyl/N-ethyl adjacent to an activating group) is 1. The summed E-state index contributed by atoms with van der Waals surface area (Å²) in [6.45, 7) is 3.85. The third kappa shape index (κ3) is 3.16. The van der Waals surface area contributed by atoms with Gasteiger partial charge in [0.1, 0.15) is 5.00 Å². The fraction of sp³-hybridized carbons (Fsp3) is 0.667. The minimum absolute atomic E-state index is 0.0883. The highest BCUT2D eigenvalue weighted by atomic mass is 32.1. The lowest BCUT2D eigenvalue weighted by atomic mass is 10.2. The van der Waals surface area contributed by atoms with Crippen molar-refractivity contribution < 1.29 is 9.53 Å². The number of hydrogen-bond donors (Lipinski definition) is 1. The summed E-state index contributed by atoms with van der Waals surface area (Å²) in [5.74, 6) is 0.757. The predicted octanol–water partition coefficient (Wildman–Crippen LogP) is 2.46. The van der Waals surface area contributed by atoms with E-state index in [0.717, 1.165) is 30.9 Å². The lowest BCUT2D eigenvalue weighted by Gasteiger charge is -2.28. The molecule has 0 aliphatic carbocycles. The van der Waals surface area contributed by atoms with Crippen molar-refractivity contribution in [1.29, 1.82) is 0 Å². The largest absolute Gasteiger partial charge is 0.492 e. The van der Waals surface area contributed by atoms with Crippen LogP contribution >= 0.6 is 11.3 Å². The van der Waals surface area contributed by atoms with Gasteiger partial charge in [-0.15, -0.1) is 11.3 Å². The Kier molecular flexibility index (Phi) is 5.11. The van der Waals surface area contributed by atoms with Gasteiger partial charge in [0, 0.05) is 25.6 Å². The van der Waals surface area contributed by atoms with Crippen LogP contribution in [0, 0.1) is 0 Å². The average molecular weight is 311 g/mol. The van der Waals surface area contributed by atoms with Gasteiger partial charge in [0.05, 0.1) is 17.7 Å². The highest BCUT2D eigenvalue weighted by molar-refractivity contribution is 7.19. The first-order valence-corrected chi connectivity index (χ1v) is 8.22. The van der Waals surface area contributed by atoms with Crippen LogP contribution in [0.25, 0.3) is 0 Å². The summed E-state index contributed by atoms with van der Waals surface area (Å²) < 4.78 is 5.50. The van der Waals surface area contributed by atoms with Crippen molar-refractivity contribution in [2.24, 2.45) is 0 Å². The molecule has 5 nitrogen and oxygen atoms in total. The van der Waals surface area contributed by atoms with E-state index in [1.165, 1.54) is 11.3 Å². The summed E-state index contributed by atoms with van der Waals surface area (Å²) in [6.07, 6.45) is 2.79. The summed E-state index contributed by atoms with van der Waals surface area (Å²) in [4.78, 5) is 17.2. The lowest BCUT2D eigenvalue weighted by Crippen LogP contribution is -2.37. The van der Waals surface area contributed by atoms with E-state index in [2.05, 4.69) is 23.9 Å². The molecule has 0 saturated carbocycles. The number of carbonyl (C=O) groups excluding carboxylic acids is 1. The summed E-state index contributed by atoms with van der Waals surface area (Å²) in [5, 5.41) is 1.01. The third-order valence-electron chi connectivity index (χ3n) is 3.87. The number of nitrogens with zero attached hydrogens (tertiary/aromatic N) is 2. The molecule has 2 heterocycles. The second-order valence-electron chi connectivity index (χ2n) is 5.71. The van der Waals surface area contributed by atoms with E-state index in [1.807, 2.05) is 6.92 Å². The Morgan fingerprint density at radius 2 is 2.24 bits per heavy atom. The predicted molar refractivity (Wildman–Crippen MR) is 88.8 cm³/mol. The molecule has 0 aromatic carbocycles. The molecule has 1 atom stereocenters. The number of nitrogen functional groups attached to an aromatic ring is 1. The first-order chi connectivity index (χ1) is 9.99. The summed E-state index contributed by atoms with van der Waals surface area (Å²) >= 11 is 1.48. The van der Waals surface area contributed by atoms with Crippen molar-refractivity contribution in [1.82, 2.24) is 4.90 Å². The molecule has 2 rings (SSSR count). The first-order valence-electron chi connectivity index (χ1n) is 7.40. The second kappa shape index (κ2) is 6.66. The minimum atomic E-state index is 0.0883. The number of Topliss-reactive ketones (excluding diaryl/α,β-unsaturated/α-hetero) is 1. The Bertz CT molecular complexity index is 513. The molecule has 1 fully saturated rings. The Balaban J connectivity index is 2.36. The molecule has 6 heteroatoms. The summed E-state index contributed by atoms with van der Waals surface area (Å²) in [7, 11) is 5.80. The number of nitrogens with two attached hydrogens (primary N) is 1. The van der Waals surface area contributed by atoms with Crippen molar-refractivity contribution >= 4 is 27.8 Å². The van der Waals surface area contributed by atoms with E-state index in [4.69, 9.17) is 10.5 Å². The van der Waals surface area contributed by atoms with Crippen molar-refractivity contribution in [3.05, 3.63) is 4.88 Å². The lowest BCUT2D eigenvalue weighted by molar-refractivity contribution is 0.0992. The molecule has 0 amide bonds. The Morgan fingerprint density at radius 3 is 2.81 bits per heavy atom. The van der Waals surface area contributed by atoms with E-state index in [9.17, 15) is 4.79 Å². The molecule has 1 saturated heterocycles. The maximum Gasteiger partial charge on any atom is 0.177 e. The molecule has 0 bridgehead atoms. The molecule has 2 N–H and O–H groups in total. The van der Waals surface area contributed by atoms with Gasteiger partial charge in [-0.25, -0.2) is 0 Å². The van der Waals surface area contributed by atoms with Crippen molar-refractivity contribution in [2.75, 3.05) is 44.9 Å². The average Bonchev–Trinajstić information content (AvgIpc) is 3.01. The molecule has 1 aromatic heterocycles. The Labute approximate surface area is 130 Å². The molecule has 0 radical (unpaired) electrons. The van der Waals surface area contributed by atoms with E-state index < -0.39 is 0 Å². The molecule has 1 unspecified atom stereocenters. The van der Waals surface area contributed by atoms with Crippen LogP contribution in [-0.4, -0.2) is 51.0 Å². The van der Waals surface area contributed by atoms with Crippen LogP contribution in [0.2, 0.25) is 0 Å². The number of ketones is 1. The molecule has 0 spiro atoms. The third-order valence-corrected chi connectivity index (χ3v) is 5.14. The van der Waals surface area contributed by atoms with Crippen molar-refractivity contribution in [3.8, 4) is 5.75 Å². The molecule has 1 aliphatic rings. The number of thiophene rings is 1. The SMILES string of the molecule is CCC(=O)c1sc(N2CCCC2CN(C)C)c(OC)c1N. The van der Waals surface area contributed by atoms with Gasteiger partial charge in [-0.05, 0) is 26.9 Å². The van der Waals surface area contributed by atoms with E-state index in [1.54, 1.807) is 7.11 Å². The topological polar surface area (TPSA) is 58.8 Å². The maximum atomic E-state index is 12.0. The molecular formula is C15H25N3O2S. The fourth-order valence-corrected chi connectivity index (χ4v) is 4.18. The van der Waals surface area contributed by atoms with Crippen molar-refractivity contribution in [3.63, 3.8) is 0 Å². The number of carbonyl (C=O) groups is 1. The van der Waals surface area contributed by atoms with Crippen LogP contribution in [0.15, 0.2) is 0 Å². The van der Waals surface area contributed by atoms with Gasteiger partial charge >= 0.3 is 0 Å². The zero-order valence-corrected chi connectivity index (χ0v) is 14.1. The number of rotatable bonds is 6. The van der Waals surface area contributed by atoms with Gasteiger partial charge in [-0.1, -0.05) is 6.92 Å². The second-order valence-corrected chi connectivity index (χ2v) is 6.71. The van der Waals surface area contributed by atoms with Crippen LogP contribution < -0.4 is 15.4 Å². The molecule has 21 heavy (non-hydrogen) atoms. The van der Waals surface area contributed by atoms with Gasteiger partial charge in [0.15, 0.2) is 11.5 Å². The van der Waals surface area contributed by atoms with Crippen LogP contribution in [0.5, 0.6) is 5.75 Å². The number of hydrogen-bond acceptors (Lipinski definition) is 6. The smallest absolute Gasteiger partial charge is 0.177 e. The van der Waals surface area contributed by atoms with Crippen molar-refractivity contribution in [2.45, 2.75) is 32.2 Å². The number of anilines is 2. The summed E-state index contributed by atoms with van der Waals surface area (Å²) in [6, 6.07) is 0.455. The van der Waals surface area contributed by atoms with Gasteiger partial charge in [-0.2, -0.15) is 0 Å². The molecule has 118 valence electrons. The highest BCUT2D eigenvalue weighted by Gasteiger charge is 2.31. The van der Waals surface area contributed by atoms with Crippen LogP contribution in [0.1, 0.15) is 35.9 Å². The standard InChI is InChI=1S/C15H25N3O2S/c1-5-11(19)14-12(16)13(20-4)15(21-14)18-8-6-7-10(18)9-17(2)3/h10H,5-9,16H2,1-4H3. The van der Waals surface area contributed by atoms with Gasteiger partial charge in [-0.3, -0.25) is 4.79 Å². The van der Waals surface area contributed by atoms with E-state index >= 15 is 0 Å². The number of ether oxygens (including phenoxy) is 1. The minimum Gasteiger partial charge on any atom is -0.492 e. The summed E-state index contributed by atoms with van der Waals surface area (Å²) in [5.41, 5.74) is 6.63. The highest BCUT2D eigenvalue weighted by Crippen LogP contribution is 2.47. The van der Waals surface area contributed by atoms with Crippen LogP contribution in [0.4, 0.5) is 10.7 Å². The van der Waals surface area contributed by atoms with Crippen LogP contribution in [-0.2, 0) is 0 Å². The van der Waals surface area contributed by atoms with Crippen LogP contribution in [0.3, 0.4) is 0 Å². The fourth-order valence-electron chi connectivity index (χ4n) is 2.88. The van der Waals surface area contributed by atoms with Gasteiger partial charge in [0.25, 0.3) is 0 Å². The van der Waals surface area contributed by atoms with E-state index in [-0.39, 0.29) is 5.78 Å². The monoisotopic (exact) mass is 311 g/mol. The Morgan fingerprint density at radius 1 is 1.52 bits per heavy atom. The quantitative estimate of drug-likeness (QED) is 0.818. The van der Waals surface area contributed by atoms with Gasteiger partial charge < -0.3 is 20.3 Å². The normalized spacial score (nSPS) is 18.5. The van der Waals surface area contributed by atoms with Gasteiger partial charge in [0.2, 0.25) is 0 Å². The zero-order chi connectivity index (χ0) is 15.6. The maximum absolute atomic E-state index is 12.0. The first kappa shape index (κ1) is 16.1. The molecule has 1 aliphatic heterocycles. The Hall–Kier alpha value is -1.27. The molecular weight excluding hydrogens is 286 g/mol.